The lowest BCUT2D eigenvalue weighted by Gasteiger charge is -2.29. The van der Waals surface area contributed by atoms with Crippen molar-refractivity contribution in [1.29, 1.82) is 0 Å². The number of rotatable bonds is 4. The van der Waals surface area contributed by atoms with E-state index in [1.54, 1.807) is 0 Å². The molecule has 0 saturated heterocycles. The van der Waals surface area contributed by atoms with Crippen LogP contribution in [0.4, 0.5) is 0 Å². The molecule has 0 aliphatic rings. The summed E-state index contributed by atoms with van der Waals surface area (Å²) in [5.74, 6) is 0. The Kier molecular flexibility index (Phi) is 6.35. The van der Waals surface area contributed by atoms with Crippen LogP contribution in [0.2, 0.25) is 44.8 Å². The first-order valence-electron chi connectivity index (χ1n) is 6.87. The highest BCUT2D eigenvalue weighted by Gasteiger charge is 2.30. The largest absolute Gasteiger partial charge is 0.407 e. The molecule has 1 unspecified atom stereocenters. The van der Waals surface area contributed by atoms with Gasteiger partial charge in [-0.15, -0.1) is 0 Å². The van der Waals surface area contributed by atoms with E-state index in [1.807, 2.05) is 30.3 Å². The second-order valence-electron chi connectivity index (χ2n) is 6.00. The minimum Gasteiger partial charge on any atom is -0.407 e. The van der Waals surface area contributed by atoms with Gasteiger partial charge in [0.1, 0.15) is 0 Å². The molecule has 0 radical (unpaired) electrons. The van der Waals surface area contributed by atoms with Crippen molar-refractivity contribution in [2.75, 3.05) is 0 Å². The molecule has 1 atom stereocenters. The van der Waals surface area contributed by atoms with Gasteiger partial charge in [-0.1, -0.05) is 88.3 Å². The van der Waals surface area contributed by atoms with E-state index in [-0.39, 0.29) is 25.1 Å². The minimum atomic E-state index is -1.92. The molecule has 7 heteroatoms. The van der Waals surface area contributed by atoms with Crippen LogP contribution in [0.25, 0.3) is 0 Å². The molecule has 124 valence electrons. The highest BCUT2D eigenvalue weighted by molar-refractivity contribution is 6.69. The van der Waals surface area contributed by atoms with E-state index < -0.39 is 14.4 Å². The molecule has 0 amide bonds. The average Bonchev–Trinajstić information content (AvgIpc) is 2.50. The summed E-state index contributed by atoms with van der Waals surface area (Å²) in [6.07, 6.45) is -0.463. The van der Waals surface area contributed by atoms with E-state index in [9.17, 15) is 0 Å². The molecule has 2 aromatic carbocycles. The number of hydrogen-bond donors (Lipinski definition) is 0. The van der Waals surface area contributed by atoms with Crippen molar-refractivity contribution in [3.8, 4) is 0 Å². The van der Waals surface area contributed by atoms with Crippen LogP contribution in [0.3, 0.4) is 0 Å². The van der Waals surface area contributed by atoms with Gasteiger partial charge >= 0.3 is 0 Å². The molecule has 0 heterocycles. The Hall–Kier alpha value is 0.0669. The van der Waals surface area contributed by atoms with E-state index in [1.165, 1.54) is 0 Å². The summed E-state index contributed by atoms with van der Waals surface area (Å²) in [7, 11) is -1.92. The number of halogens is 5. The maximum absolute atomic E-state index is 6.43. The maximum Gasteiger partial charge on any atom is 0.185 e. The first-order chi connectivity index (χ1) is 10.6. The van der Waals surface area contributed by atoms with Gasteiger partial charge in [0.25, 0.3) is 0 Å². The molecule has 23 heavy (non-hydrogen) atoms. The van der Waals surface area contributed by atoms with Crippen molar-refractivity contribution in [1.82, 2.24) is 0 Å². The Bertz CT molecular complexity index is 684. The van der Waals surface area contributed by atoms with Gasteiger partial charge in [0.15, 0.2) is 8.32 Å². The van der Waals surface area contributed by atoms with Gasteiger partial charge in [0, 0.05) is 5.56 Å². The monoisotopic (exact) mass is 426 g/mol. The van der Waals surface area contributed by atoms with Crippen LogP contribution >= 0.6 is 58.0 Å². The van der Waals surface area contributed by atoms with Crippen LogP contribution in [0.15, 0.2) is 30.3 Å². The van der Waals surface area contributed by atoms with Gasteiger partial charge in [-0.3, -0.25) is 0 Å². The molecule has 2 aromatic rings. The van der Waals surface area contributed by atoms with Crippen LogP contribution in [0.5, 0.6) is 0 Å². The Balaban J connectivity index is 2.70. The SMILES string of the molecule is C[Si](C)(C)OC(c1ccccc1)c1c(Cl)c(Cl)c(Cl)c(Cl)c1Cl. The van der Waals surface area contributed by atoms with Crippen LogP contribution < -0.4 is 0 Å². The topological polar surface area (TPSA) is 9.23 Å². The lowest BCUT2D eigenvalue weighted by Crippen LogP contribution is -2.28. The Labute approximate surface area is 162 Å². The normalized spacial score (nSPS) is 13.2. The number of benzene rings is 2. The summed E-state index contributed by atoms with van der Waals surface area (Å²) in [5.41, 5.74) is 1.47. The van der Waals surface area contributed by atoms with E-state index in [0.717, 1.165) is 5.56 Å². The predicted octanol–water partition coefficient (Wildman–Crippen LogP) is 7.89. The first kappa shape index (κ1) is 19.4. The van der Waals surface area contributed by atoms with Gasteiger partial charge < -0.3 is 4.43 Å². The van der Waals surface area contributed by atoms with Crippen LogP contribution in [-0.4, -0.2) is 8.32 Å². The summed E-state index contributed by atoms with van der Waals surface area (Å²) in [4.78, 5) is 0. The minimum absolute atomic E-state index is 0.145. The zero-order chi connectivity index (χ0) is 17.4. The third-order valence-electron chi connectivity index (χ3n) is 3.08. The molecule has 0 saturated carbocycles. The molecule has 0 aromatic heterocycles. The fourth-order valence-corrected chi connectivity index (χ4v) is 4.44. The van der Waals surface area contributed by atoms with Crippen LogP contribution in [-0.2, 0) is 4.43 Å². The van der Waals surface area contributed by atoms with Crippen molar-refractivity contribution in [2.24, 2.45) is 0 Å². The molecule has 0 bridgehead atoms. The van der Waals surface area contributed by atoms with Crippen molar-refractivity contribution < 1.29 is 4.43 Å². The number of hydrogen-bond acceptors (Lipinski definition) is 1. The van der Waals surface area contributed by atoms with Gasteiger partial charge in [0.05, 0.1) is 31.2 Å². The summed E-state index contributed by atoms with van der Waals surface area (Å²) < 4.78 is 6.33. The van der Waals surface area contributed by atoms with Gasteiger partial charge in [-0.05, 0) is 25.2 Å². The highest BCUT2D eigenvalue weighted by Crippen LogP contribution is 2.48. The van der Waals surface area contributed by atoms with Crippen molar-refractivity contribution in [3.05, 3.63) is 66.6 Å². The fourth-order valence-electron chi connectivity index (χ4n) is 2.13. The van der Waals surface area contributed by atoms with Crippen molar-refractivity contribution in [2.45, 2.75) is 25.7 Å². The zero-order valence-corrected chi connectivity index (χ0v) is 17.5. The van der Waals surface area contributed by atoms with Crippen molar-refractivity contribution >= 4 is 66.3 Å². The van der Waals surface area contributed by atoms with Gasteiger partial charge in [-0.25, -0.2) is 0 Å². The average molecular weight is 429 g/mol. The Morgan fingerprint density at radius 1 is 0.739 bits per heavy atom. The van der Waals surface area contributed by atoms with E-state index in [0.29, 0.717) is 5.56 Å². The van der Waals surface area contributed by atoms with Crippen LogP contribution in [0, 0.1) is 0 Å². The molecule has 0 fully saturated rings. The molecular formula is C16H15Cl5OSi. The smallest absolute Gasteiger partial charge is 0.185 e. The third-order valence-corrected chi connectivity index (χ3v) is 6.33. The second-order valence-corrected chi connectivity index (χ2v) is 12.4. The summed E-state index contributed by atoms with van der Waals surface area (Å²) >= 11 is 31.4. The summed E-state index contributed by atoms with van der Waals surface area (Å²) in [5, 5.41) is 1.03. The Morgan fingerprint density at radius 3 is 1.61 bits per heavy atom. The molecule has 0 aliphatic carbocycles. The van der Waals surface area contributed by atoms with Crippen molar-refractivity contribution in [3.63, 3.8) is 0 Å². The molecule has 0 N–H and O–H groups in total. The lowest BCUT2D eigenvalue weighted by molar-refractivity contribution is 0.240. The highest BCUT2D eigenvalue weighted by atomic mass is 35.5. The molecular weight excluding hydrogens is 414 g/mol. The molecule has 0 aliphatic heterocycles. The molecule has 1 nitrogen and oxygen atoms in total. The second kappa shape index (κ2) is 7.53. The third kappa shape index (κ3) is 4.38. The first-order valence-corrected chi connectivity index (χ1v) is 12.2. The van der Waals surface area contributed by atoms with Crippen LogP contribution in [0.1, 0.15) is 17.2 Å². The molecule has 0 spiro atoms. The zero-order valence-electron chi connectivity index (χ0n) is 12.8. The predicted molar refractivity (Wildman–Crippen MR) is 104 cm³/mol. The van der Waals surface area contributed by atoms with Gasteiger partial charge in [-0.2, -0.15) is 0 Å². The van der Waals surface area contributed by atoms with E-state index >= 15 is 0 Å². The van der Waals surface area contributed by atoms with E-state index in [2.05, 4.69) is 19.6 Å². The van der Waals surface area contributed by atoms with Gasteiger partial charge in [0.2, 0.25) is 0 Å². The fraction of sp³-hybridized carbons (Fsp3) is 0.250. The van der Waals surface area contributed by atoms with E-state index in [4.69, 9.17) is 62.4 Å². The quantitative estimate of drug-likeness (QED) is 0.273. The molecule has 2 rings (SSSR count). The summed E-state index contributed by atoms with van der Waals surface area (Å²) in [6.45, 7) is 6.26. The Morgan fingerprint density at radius 2 is 1.17 bits per heavy atom. The maximum atomic E-state index is 6.43. The lowest BCUT2D eigenvalue weighted by atomic mass is 10.0. The standard InChI is InChI=1S/C16H15Cl5OSi/c1-23(2,3)22-16(9-7-5-4-6-8-9)10-11(17)13(19)15(21)14(20)12(10)18/h4-8,16H,1-3H3. The summed E-state index contributed by atoms with van der Waals surface area (Å²) in [6, 6.07) is 9.69.